The highest BCUT2D eigenvalue weighted by Gasteiger charge is 2.26. The molecule has 1 aliphatic heterocycles. The fraction of sp³-hybridized carbons (Fsp3) is 0.222. The van der Waals surface area contributed by atoms with E-state index in [0.717, 1.165) is 34.2 Å². The van der Waals surface area contributed by atoms with Crippen molar-refractivity contribution in [3.63, 3.8) is 0 Å². The number of benzene rings is 1. The van der Waals surface area contributed by atoms with Crippen molar-refractivity contribution in [2.24, 2.45) is 0 Å². The van der Waals surface area contributed by atoms with Crippen molar-refractivity contribution in [1.29, 1.82) is 0 Å². The lowest BCUT2D eigenvalue weighted by molar-refractivity contribution is 0.568. The summed E-state index contributed by atoms with van der Waals surface area (Å²) in [7, 11) is 0. The quantitative estimate of drug-likeness (QED) is 0.475. The molecule has 4 heterocycles. The van der Waals surface area contributed by atoms with Crippen molar-refractivity contribution >= 4 is 11.6 Å². The maximum Gasteiger partial charge on any atom is 0.247 e. The first-order valence-corrected chi connectivity index (χ1v) is 8.71. The highest BCUT2D eigenvalue weighted by molar-refractivity contribution is 6.30. The summed E-state index contributed by atoms with van der Waals surface area (Å²) >= 11 is 6.21. The van der Waals surface area contributed by atoms with Crippen LogP contribution in [0.5, 0.6) is 0 Å². The second kappa shape index (κ2) is 5.54. The Balaban J connectivity index is 1.74. The van der Waals surface area contributed by atoms with Gasteiger partial charge in [-0.25, -0.2) is 14.6 Å². The van der Waals surface area contributed by atoms with Gasteiger partial charge in [0.1, 0.15) is 18.3 Å². The van der Waals surface area contributed by atoms with Gasteiger partial charge in [0.25, 0.3) is 0 Å². The maximum absolute atomic E-state index is 6.21. The molecule has 0 aliphatic carbocycles. The summed E-state index contributed by atoms with van der Waals surface area (Å²) in [5.41, 5.74) is 5.36. The van der Waals surface area contributed by atoms with E-state index in [9.17, 15) is 0 Å². The largest absolute Gasteiger partial charge is 0.443 e. The molecule has 8 heteroatoms. The van der Waals surface area contributed by atoms with Gasteiger partial charge in [-0.05, 0) is 24.1 Å². The zero-order valence-electron chi connectivity index (χ0n) is 14.2. The van der Waals surface area contributed by atoms with Crippen LogP contribution in [0.3, 0.4) is 0 Å². The van der Waals surface area contributed by atoms with Crippen LogP contribution in [0.1, 0.15) is 36.8 Å². The molecular formula is C18H15ClN6O. The van der Waals surface area contributed by atoms with Gasteiger partial charge >= 0.3 is 0 Å². The topological polar surface area (TPSA) is 74.6 Å². The zero-order valence-corrected chi connectivity index (χ0v) is 15.0. The predicted octanol–water partition coefficient (Wildman–Crippen LogP) is 3.79. The lowest BCUT2D eigenvalue weighted by Crippen LogP contribution is -2.03. The Morgan fingerprint density at radius 1 is 1.23 bits per heavy atom. The molecule has 0 fully saturated rings. The third-order valence-electron chi connectivity index (χ3n) is 4.58. The van der Waals surface area contributed by atoms with E-state index in [0.29, 0.717) is 23.3 Å². The van der Waals surface area contributed by atoms with E-state index in [4.69, 9.17) is 16.0 Å². The average Bonchev–Trinajstić information content (AvgIpc) is 3.33. The molecule has 1 aromatic carbocycles. The number of hydrogen-bond donors (Lipinski definition) is 0. The van der Waals surface area contributed by atoms with Crippen LogP contribution in [0.25, 0.3) is 23.0 Å². The third-order valence-corrected chi connectivity index (χ3v) is 4.81. The summed E-state index contributed by atoms with van der Waals surface area (Å²) < 4.78 is 9.56. The van der Waals surface area contributed by atoms with Gasteiger partial charge in [0.15, 0.2) is 0 Å². The van der Waals surface area contributed by atoms with Gasteiger partial charge in [0.05, 0.1) is 34.7 Å². The highest BCUT2D eigenvalue weighted by Crippen LogP contribution is 2.33. The minimum absolute atomic E-state index is 0.294. The van der Waals surface area contributed by atoms with E-state index in [1.807, 2.05) is 27.4 Å². The van der Waals surface area contributed by atoms with Gasteiger partial charge in [0, 0.05) is 11.4 Å². The van der Waals surface area contributed by atoms with Crippen LogP contribution in [0.15, 0.2) is 41.4 Å². The smallest absolute Gasteiger partial charge is 0.247 e. The number of oxazole rings is 1. The molecule has 0 amide bonds. The van der Waals surface area contributed by atoms with E-state index in [1.54, 1.807) is 18.8 Å². The molecular weight excluding hydrogens is 352 g/mol. The SMILES string of the molecule is CC(C)c1coc(-c2ncn3c2Cc2cnnn2-c2cc(Cl)ccc2-3)n1. The summed E-state index contributed by atoms with van der Waals surface area (Å²) in [6, 6.07) is 5.69. The van der Waals surface area contributed by atoms with Gasteiger partial charge in [-0.2, -0.15) is 0 Å². The van der Waals surface area contributed by atoms with E-state index in [2.05, 4.69) is 34.1 Å². The Kier molecular flexibility index (Phi) is 3.27. The molecule has 3 aromatic heterocycles. The normalized spacial score (nSPS) is 12.6. The van der Waals surface area contributed by atoms with Crippen LogP contribution in [-0.4, -0.2) is 29.5 Å². The first kappa shape index (κ1) is 15.3. The predicted molar refractivity (Wildman–Crippen MR) is 95.9 cm³/mol. The molecule has 5 rings (SSSR count). The van der Waals surface area contributed by atoms with Crippen molar-refractivity contribution in [1.82, 2.24) is 29.5 Å². The molecule has 26 heavy (non-hydrogen) atoms. The van der Waals surface area contributed by atoms with Crippen LogP contribution in [-0.2, 0) is 6.42 Å². The summed E-state index contributed by atoms with van der Waals surface area (Å²) in [5.74, 6) is 0.820. The fourth-order valence-corrected chi connectivity index (χ4v) is 3.38. The second-order valence-corrected chi connectivity index (χ2v) is 7.03. The maximum atomic E-state index is 6.21. The van der Waals surface area contributed by atoms with Gasteiger partial charge in [0.2, 0.25) is 5.89 Å². The van der Waals surface area contributed by atoms with Gasteiger partial charge in [-0.15, -0.1) is 5.10 Å². The van der Waals surface area contributed by atoms with Crippen LogP contribution in [0, 0.1) is 0 Å². The first-order chi connectivity index (χ1) is 12.6. The summed E-state index contributed by atoms with van der Waals surface area (Å²) in [5, 5.41) is 8.93. The monoisotopic (exact) mass is 366 g/mol. The van der Waals surface area contributed by atoms with E-state index in [1.165, 1.54) is 0 Å². The van der Waals surface area contributed by atoms with Crippen molar-refractivity contribution in [3.05, 3.63) is 59.1 Å². The average molecular weight is 367 g/mol. The third kappa shape index (κ3) is 2.20. The standard InChI is InChI=1S/C18H15ClN6O/c1-10(2)13-8-26-18(22-13)17-16-6-12-7-21-23-25(12)15-5-11(19)3-4-14(15)24(16)9-20-17/h3-5,7-10H,6H2,1-2H3. The summed E-state index contributed by atoms with van der Waals surface area (Å²) in [4.78, 5) is 9.19. The van der Waals surface area contributed by atoms with Crippen LogP contribution in [0.4, 0.5) is 0 Å². The number of aromatic nitrogens is 6. The van der Waals surface area contributed by atoms with Crippen molar-refractivity contribution < 1.29 is 4.42 Å². The van der Waals surface area contributed by atoms with Crippen molar-refractivity contribution in [2.75, 3.05) is 0 Å². The Labute approximate surface area is 154 Å². The number of hydrogen-bond acceptors (Lipinski definition) is 5. The Morgan fingerprint density at radius 3 is 2.92 bits per heavy atom. The minimum atomic E-state index is 0.294. The minimum Gasteiger partial charge on any atom is -0.443 e. The fourth-order valence-electron chi connectivity index (χ4n) is 3.21. The van der Waals surface area contributed by atoms with Crippen molar-refractivity contribution in [3.8, 4) is 23.0 Å². The van der Waals surface area contributed by atoms with Gasteiger partial charge in [-0.3, -0.25) is 4.57 Å². The molecule has 0 unspecified atom stereocenters. The Bertz CT molecular complexity index is 1120. The molecule has 0 N–H and O–H groups in total. The van der Waals surface area contributed by atoms with Crippen LogP contribution >= 0.6 is 11.6 Å². The van der Waals surface area contributed by atoms with Crippen LogP contribution in [0.2, 0.25) is 5.02 Å². The number of fused-ring (bicyclic) bond motifs is 5. The number of halogens is 1. The van der Waals surface area contributed by atoms with Crippen LogP contribution < -0.4 is 0 Å². The second-order valence-electron chi connectivity index (χ2n) is 6.59. The molecule has 1 aliphatic rings. The van der Waals surface area contributed by atoms with E-state index >= 15 is 0 Å². The van der Waals surface area contributed by atoms with E-state index in [-0.39, 0.29) is 0 Å². The first-order valence-electron chi connectivity index (χ1n) is 8.33. The van der Waals surface area contributed by atoms with E-state index < -0.39 is 0 Å². The number of nitrogens with zero attached hydrogens (tertiary/aromatic N) is 6. The number of imidazole rings is 1. The molecule has 0 saturated carbocycles. The molecule has 0 saturated heterocycles. The summed E-state index contributed by atoms with van der Waals surface area (Å²) in [6.45, 7) is 4.17. The van der Waals surface area contributed by atoms with Gasteiger partial charge in [-0.1, -0.05) is 30.7 Å². The Hall–Kier alpha value is -2.93. The molecule has 130 valence electrons. The molecule has 0 spiro atoms. The molecule has 7 nitrogen and oxygen atoms in total. The summed E-state index contributed by atoms with van der Waals surface area (Å²) in [6.07, 6.45) is 5.85. The van der Waals surface area contributed by atoms with Gasteiger partial charge < -0.3 is 4.42 Å². The lowest BCUT2D eigenvalue weighted by Gasteiger charge is -2.09. The zero-order chi connectivity index (χ0) is 17.8. The highest BCUT2D eigenvalue weighted by atomic mass is 35.5. The lowest BCUT2D eigenvalue weighted by atomic mass is 10.1. The molecule has 4 aromatic rings. The number of rotatable bonds is 2. The Morgan fingerprint density at radius 2 is 2.12 bits per heavy atom. The molecule has 0 bridgehead atoms. The molecule has 0 atom stereocenters. The van der Waals surface area contributed by atoms with Crippen molar-refractivity contribution in [2.45, 2.75) is 26.2 Å². The molecule has 0 radical (unpaired) electrons.